The Morgan fingerprint density at radius 3 is 2.94 bits per heavy atom. The van der Waals surface area contributed by atoms with Crippen molar-refractivity contribution in [3.63, 3.8) is 0 Å². The number of carbonyl (C=O) groups excluding carboxylic acids is 1. The van der Waals surface area contributed by atoms with Gasteiger partial charge in [0.2, 0.25) is 0 Å². The molecule has 94 valence electrons. The van der Waals surface area contributed by atoms with E-state index in [4.69, 9.17) is 21.6 Å². The third-order valence-electron chi connectivity index (χ3n) is 3.02. The number of hydrogen-bond acceptors (Lipinski definition) is 3. The Bertz CT molecular complexity index is 532. The van der Waals surface area contributed by atoms with Crippen LogP contribution in [0, 0.1) is 11.3 Å². The zero-order chi connectivity index (χ0) is 13.1. The molecule has 0 amide bonds. The first-order chi connectivity index (χ1) is 8.69. The van der Waals surface area contributed by atoms with Crippen LogP contribution in [0.25, 0.3) is 0 Å². The van der Waals surface area contributed by atoms with Gasteiger partial charge in [-0.2, -0.15) is 5.26 Å². The summed E-state index contributed by atoms with van der Waals surface area (Å²) < 4.78 is 5.54. The van der Waals surface area contributed by atoms with Gasteiger partial charge in [-0.15, -0.1) is 0 Å². The molecular formula is C14H14ClNO2. The van der Waals surface area contributed by atoms with Crippen LogP contribution in [0.5, 0.6) is 5.75 Å². The average molecular weight is 264 g/mol. The van der Waals surface area contributed by atoms with Gasteiger partial charge in [-0.1, -0.05) is 18.5 Å². The maximum Gasteiger partial charge on any atom is 0.163 e. The molecule has 0 aliphatic heterocycles. The van der Waals surface area contributed by atoms with Crippen LogP contribution in [0.15, 0.2) is 6.07 Å². The van der Waals surface area contributed by atoms with Crippen molar-refractivity contribution in [2.75, 3.05) is 6.61 Å². The fourth-order valence-electron chi connectivity index (χ4n) is 2.15. The fourth-order valence-corrected chi connectivity index (χ4v) is 2.51. The number of ether oxygens (including phenoxy) is 1. The predicted octanol–water partition coefficient (Wildman–Crippen LogP) is 3.52. The third kappa shape index (κ3) is 2.21. The van der Waals surface area contributed by atoms with E-state index < -0.39 is 0 Å². The number of Topliss-reactive ketones (excluding diaryl/α,β-unsaturated/α-hetero) is 1. The lowest BCUT2D eigenvalue weighted by Gasteiger charge is -2.19. The van der Waals surface area contributed by atoms with Crippen LogP contribution >= 0.6 is 11.6 Å². The second kappa shape index (κ2) is 5.41. The number of hydrogen-bond donors (Lipinski definition) is 0. The summed E-state index contributed by atoms with van der Waals surface area (Å²) in [7, 11) is 0. The van der Waals surface area contributed by atoms with E-state index in [-0.39, 0.29) is 5.78 Å². The van der Waals surface area contributed by atoms with Crippen LogP contribution in [0.2, 0.25) is 5.02 Å². The van der Waals surface area contributed by atoms with Gasteiger partial charge >= 0.3 is 0 Å². The fraction of sp³-hybridized carbons (Fsp3) is 0.429. The van der Waals surface area contributed by atoms with Crippen LogP contribution in [-0.4, -0.2) is 12.4 Å². The highest BCUT2D eigenvalue weighted by Crippen LogP contribution is 2.38. The maximum atomic E-state index is 11.8. The Morgan fingerprint density at radius 1 is 1.50 bits per heavy atom. The first kappa shape index (κ1) is 12.9. The second-order valence-corrected chi connectivity index (χ2v) is 4.71. The maximum absolute atomic E-state index is 11.8. The van der Waals surface area contributed by atoms with Crippen molar-refractivity contribution in [3.8, 4) is 11.8 Å². The molecule has 0 aromatic heterocycles. The molecule has 0 heterocycles. The van der Waals surface area contributed by atoms with Gasteiger partial charge in [0.15, 0.2) is 11.5 Å². The van der Waals surface area contributed by atoms with E-state index in [0.29, 0.717) is 34.9 Å². The summed E-state index contributed by atoms with van der Waals surface area (Å²) in [6.07, 6.45) is 2.96. The van der Waals surface area contributed by atoms with Gasteiger partial charge in [0.25, 0.3) is 0 Å². The van der Waals surface area contributed by atoms with Gasteiger partial charge in [0, 0.05) is 12.0 Å². The smallest absolute Gasteiger partial charge is 0.163 e. The predicted molar refractivity (Wildman–Crippen MR) is 69.2 cm³/mol. The summed E-state index contributed by atoms with van der Waals surface area (Å²) in [5, 5.41) is 9.57. The van der Waals surface area contributed by atoms with Crippen molar-refractivity contribution >= 4 is 17.4 Å². The molecule has 0 saturated heterocycles. The van der Waals surface area contributed by atoms with Crippen LogP contribution < -0.4 is 4.74 Å². The van der Waals surface area contributed by atoms with Crippen LogP contribution in [-0.2, 0) is 6.42 Å². The van der Waals surface area contributed by atoms with E-state index in [0.717, 1.165) is 24.8 Å². The quantitative estimate of drug-likeness (QED) is 0.838. The average Bonchev–Trinajstić information content (AvgIpc) is 2.38. The summed E-state index contributed by atoms with van der Waals surface area (Å²) in [6, 6.07) is 3.67. The highest BCUT2D eigenvalue weighted by Gasteiger charge is 2.24. The number of nitriles is 1. The molecular weight excluding hydrogens is 250 g/mol. The van der Waals surface area contributed by atoms with Crippen molar-refractivity contribution < 1.29 is 9.53 Å². The van der Waals surface area contributed by atoms with Gasteiger partial charge in [-0.05, 0) is 30.9 Å². The number of fused-ring (bicyclic) bond motifs is 1. The second-order valence-electron chi connectivity index (χ2n) is 4.33. The summed E-state index contributed by atoms with van der Waals surface area (Å²) in [5.74, 6) is 0.492. The molecule has 3 nitrogen and oxygen atoms in total. The molecule has 0 fully saturated rings. The summed E-state index contributed by atoms with van der Waals surface area (Å²) >= 11 is 6.28. The standard InChI is InChI=1S/C14H14ClNO2/c1-2-6-18-14-9(8-16)7-11-10(13(14)15)4-3-5-12(11)17/h7H,2-6H2,1H3. The first-order valence-electron chi connectivity index (χ1n) is 6.10. The van der Waals surface area contributed by atoms with Crippen LogP contribution in [0.1, 0.15) is 47.7 Å². The van der Waals surface area contributed by atoms with Gasteiger partial charge in [0.05, 0.1) is 17.2 Å². The molecule has 0 spiro atoms. The molecule has 0 bridgehead atoms. The number of halogens is 1. The first-order valence-corrected chi connectivity index (χ1v) is 6.48. The zero-order valence-corrected chi connectivity index (χ0v) is 11.0. The molecule has 1 aliphatic carbocycles. The molecule has 2 rings (SSSR count). The molecule has 18 heavy (non-hydrogen) atoms. The molecule has 0 radical (unpaired) electrons. The van der Waals surface area contributed by atoms with E-state index >= 15 is 0 Å². The Kier molecular flexibility index (Phi) is 3.88. The molecule has 1 aliphatic rings. The Balaban J connectivity index is 2.54. The summed E-state index contributed by atoms with van der Waals surface area (Å²) in [5.41, 5.74) is 1.77. The van der Waals surface area contributed by atoms with Crippen molar-refractivity contribution in [2.45, 2.75) is 32.6 Å². The van der Waals surface area contributed by atoms with Crippen molar-refractivity contribution in [1.82, 2.24) is 0 Å². The van der Waals surface area contributed by atoms with Gasteiger partial charge < -0.3 is 4.74 Å². The van der Waals surface area contributed by atoms with Gasteiger partial charge in [-0.3, -0.25) is 4.79 Å². The van der Waals surface area contributed by atoms with E-state index in [1.54, 1.807) is 6.07 Å². The molecule has 0 saturated carbocycles. The Morgan fingerprint density at radius 2 is 2.28 bits per heavy atom. The molecule has 0 unspecified atom stereocenters. The van der Waals surface area contributed by atoms with Crippen molar-refractivity contribution in [1.29, 1.82) is 5.26 Å². The number of ketones is 1. The highest BCUT2D eigenvalue weighted by molar-refractivity contribution is 6.33. The third-order valence-corrected chi connectivity index (χ3v) is 3.42. The Hall–Kier alpha value is -1.53. The molecule has 0 N–H and O–H groups in total. The topological polar surface area (TPSA) is 50.1 Å². The number of rotatable bonds is 3. The summed E-state index contributed by atoms with van der Waals surface area (Å²) in [6.45, 7) is 2.50. The lowest BCUT2D eigenvalue weighted by molar-refractivity contribution is 0.0972. The largest absolute Gasteiger partial charge is 0.491 e. The normalized spacial score (nSPS) is 13.9. The van der Waals surface area contributed by atoms with Crippen molar-refractivity contribution in [3.05, 3.63) is 27.8 Å². The van der Waals surface area contributed by atoms with Crippen molar-refractivity contribution in [2.24, 2.45) is 0 Å². The van der Waals surface area contributed by atoms with Gasteiger partial charge in [-0.25, -0.2) is 0 Å². The molecule has 0 atom stereocenters. The molecule has 4 heteroatoms. The van der Waals surface area contributed by atoms with E-state index in [9.17, 15) is 4.79 Å². The monoisotopic (exact) mass is 263 g/mol. The van der Waals surface area contributed by atoms with E-state index in [1.165, 1.54) is 0 Å². The highest BCUT2D eigenvalue weighted by atomic mass is 35.5. The van der Waals surface area contributed by atoms with Gasteiger partial charge in [0.1, 0.15) is 6.07 Å². The lowest BCUT2D eigenvalue weighted by Crippen LogP contribution is -2.13. The molecule has 1 aromatic rings. The number of carbonyl (C=O) groups is 1. The Labute approximate surface area is 111 Å². The lowest BCUT2D eigenvalue weighted by atomic mass is 9.89. The summed E-state index contributed by atoms with van der Waals surface area (Å²) in [4.78, 5) is 11.8. The minimum Gasteiger partial charge on any atom is -0.491 e. The zero-order valence-electron chi connectivity index (χ0n) is 10.3. The number of nitrogens with zero attached hydrogens (tertiary/aromatic N) is 1. The minimum atomic E-state index is 0.0664. The molecule has 1 aromatic carbocycles. The van der Waals surface area contributed by atoms with E-state index in [1.807, 2.05) is 6.92 Å². The SMILES string of the molecule is CCCOc1c(C#N)cc2c(c1Cl)CCCC2=O. The van der Waals surface area contributed by atoms with Crippen LogP contribution in [0.4, 0.5) is 0 Å². The van der Waals surface area contributed by atoms with E-state index in [2.05, 4.69) is 6.07 Å². The number of benzene rings is 1. The van der Waals surface area contributed by atoms with Crippen LogP contribution in [0.3, 0.4) is 0 Å². The minimum absolute atomic E-state index is 0.0664.